The van der Waals surface area contributed by atoms with Crippen molar-refractivity contribution in [2.24, 2.45) is 0 Å². The summed E-state index contributed by atoms with van der Waals surface area (Å²) in [5.74, 6) is 23.8. The highest BCUT2D eigenvalue weighted by atomic mass is 16.4. The van der Waals surface area contributed by atoms with Crippen LogP contribution < -0.4 is 4.90 Å². The maximum Gasteiger partial charge on any atom is 0.248 e. The number of anilines is 3. The van der Waals surface area contributed by atoms with Gasteiger partial charge in [0.1, 0.15) is 0 Å². The van der Waals surface area contributed by atoms with Gasteiger partial charge in [-0.1, -0.05) is 81.1 Å². The lowest BCUT2D eigenvalue weighted by Crippen LogP contribution is -2.10. The van der Waals surface area contributed by atoms with Crippen molar-refractivity contribution in [3.8, 4) is 70.3 Å². The minimum absolute atomic E-state index is 0.0850. The molecule has 4 heteroatoms. The smallest absolute Gasteiger partial charge is 0.248 e. The van der Waals surface area contributed by atoms with Crippen molar-refractivity contribution >= 4 is 17.1 Å². The molecule has 0 spiro atoms. The summed E-state index contributed by atoms with van der Waals surface area (Å²) in [6.07, 6.45) is 0. The van der Waals surface area contributed by atoms with Crippen LogP contribution >= 0.6 is 0 Å². The molecule has 48 heavy (non-hydrogen) atoms. The monoisotopic (exact) mass is 617 g/mol. The fourth-order valence-corrected chi connectivity index (χ4v) is 4.89. The van der Waals surface area contributed by atoms with Crippen molar-refractivity contribution in [1.82, 2.24) is 10.2 Å². The van der Waals surface area contributed by atoms with Gasteiger partial charge in [0.25, 0.3) is 0 Å². The highest BCUT2D eigenvalue weighted by Gasteiger charge is 2.15. The van der Waals surface area contributed by atoms with Crippen LogP contribution in [0.5, 0.6) is 0 Å². The molecule has 0 N–H and O–H groups in total. The van der Waals surface area contributed by atoms with Crippen molar-refractivity contribution < 1.29 is 4.42 Å². The molecule has 0 radical (unpaired) electrons. The van der Waals surface area contributed by atoms with E-state index in [9.17, 15) is 0 Å². The molecule has 0 amide bonds. The van der Waals surface area contributed by atoms with Crippen LogP contribution in [0.25, 0.3) is 22.9 Å². The number of rotatable bonds is 5. The van der Waals surface area contributed by atoms with Gasteiger partial charge in [-0.05, 0) is 131 Å². The predicted molar refractivity (Wildman–Crippen MR) is 194 cm³/mol. The van der Waals surface area contributed by atoms with E-state index < -0.39 is 0 Å². The Morgan fingerprint density at radius 2 is 0.854 bits per heavy atom. The standard InChI is InChI=1S/C44H31N3O/c1-44(2,3)38-30-28-37(29-31-38)43-46-45-42(48-43)36-26-22-34(23-27-36)16-10-6-4-5-7-11-17-35-24-32-41(33-25-35)47(39-18-12-8-13-19-39)40-20-14-9-15-21-40/h8-9,12-15,18-33H,1-3H3. The zero-order valence-electron chi connectivity index (χ0n) is 27.0. The quantitative estimate of drug-likeness (QED) is 0.181. The Balaban J connectivity index is 1.05. The summed E-state index contributed by atoms with van der Waals surface area (Å²) >= 11 is 0. The molecule has 5 aromatic carbocycles. The van der Waals surface area contributed by atoms with E-state index in [-0.39, 0.29) is 5.41 Å². The van der Waals surface area contributed by atoms with Gasteiger partial charge in [0, 0.05) is 39.3 Å². The van der Waals surface area contributed by atoms with Crippen LogP contribution in [0, 0.1) is 47.4 Å². The van der Waals surface area contributed by atoms with Crippen molar-refractivity contribution in [2.45, 2.75) is 26.2 Å². The second-order valence-corrected chi connectivity index (χ2v) is 11.9. The van der Waals surface area contributed by atoms with E-state index in [4.69, 9.17) is 4.42 Å². The molecular weight excluding hydrogens is 587 g/mol. The van der Waals surface area contributed by atoms with Gasteiger partial charge in [-0.2, -0.15) is 0 Å². The summed E-state index contributed by atoms with van der Waals surface area (Å²) in [7, 11) is 0. The fraction of sp³-hybridized carbons (Fsp3) is 0.0909. The third-order valence-corrected chi connectivity index (χ3v) is 7.44. The number of nitrogens with zero attached hydrogens (tertiary/aromatic N) is 3. The van der Waals surface area contributed by atoms with Crippen LogP contribution in [-0.4, -0.2) is 10.2 Å². The SMILES string of the molecule is CC(C)(C)c1ccc(-c2nnc(-c3ccc(C#CC#CC#CC#Cc4ccc(N(c5ccccc5)c5ccccc5)cc4)cc3)o2)cc1. The van der Waals surface area contributed by atoms with E-state index in [2.05, 4.69) is 132 Å². The Bertz CT molecular complexity index is 2210. The van der Waals surface area contributed by atoms with Crippen LogP contribution in [0.4, 0.5) is 17.1 Å². The maximum absolute atomic E-state index is 5.93. The first-order valence-corrected chi connectivity index (χ1v) is 15.5. The Morgan fingerprint density at radius 1 is 0.458 bits per heavy atom. The Kier molecular flexibility index (Phi) is 9.50. The van der Waals surface area contributed by atoms with Gasteiger partial charge in [0.05, 0.1) is 0 Å². The average molecular weight is 618 g/mol. The Labute approximate surface area is 282 Å². The molecule has 228 valence electrons. The van der Waals surface area contributed by atoms with Gasteiger partial charge >= 0.3 is 0 Å². The third-order valence-electron chi connectivity index (χ3n) is 7.44. The molecule has 0 saturated heterocycles. The van der Waals surface area contributed by atoms with Crippen molar-refractivity contribution in [3.05, 3.63) is 150 Å². The maximum atomic E-state index is 5.93. The van der Waals surface area contributed by atoms with Gasteiger partial charge in [0.2, 0.25) is 11.8 Å². The normalized spacial score (nSPS) is 10.1. The van der Waals surface area contributed by atoms with Gasteiger partial charge < -0.3 is 9.32 Å². The Morgan fingerprint density at radius 3 is 1.31 bits per heavy atom. The van der Waals surface area contributed by atoms with E-state index in [0.29, 0.717) is 11.8 Å². The molecule has 0 unspecified atom stereocenters. The highest BCUT2D eigenvalue weighted by Crippen LogP contribution is 2.34. The third kappa shape index (κ3) is 7.91. The van der Waals surface area contributed by atoms with Crippen molar-refractivity contribution in [2.75, 3.05) is 4.90 Å². The van der Waals surface area contributed by atoms with Crippen LogP contribution in [0.3, 0.4) is 0 Å². The molecule has 0 aliphatic heterocycles. The topological polar surface area (TPSA) is 42.2 Å². The molecule has 6 aromatic rings. The summed E-state index contributed by atoms with van der Waals surface area (Å²) in [5.41, 5.74) is 7.96. The van der Waals surface area contributed by atoms with Gasteiger partial charge in [0.15, 0.2) is 0 Å². The number of para-hydroxylation sites is 2. The van der Waals surface area contributed by atoms with Crippen LogP contribution in [0.15, 0.2) is 138 Å². The van der Waals surface area contributed by atoms with E-state index in [1.165, 1.54) is 5.56 Å². The molecule has 0 saturated carbocycles. The van der Waals surface area contributed by atoms with Crippen LogP contribution in [0.1, 0.15) is 37.5 Å². The lowest BCUT2D eigenvalue weighted by molar-refractivity contribution is 0.582. The number of aromatic nitrogens is 2. The van der Waals surface area contributed by atoms with E-state index in [1.807, 2.05) is 84.9 Å². The second kappa shape index (κ2) is 14.6. The van der Waals surface area contributed by atoms with E-state index >= 15 is 0 Å². The lowest BCUT2D eigenvalue weighted by Gasteiger charge is -2.25. The zero-order valence-corrected chi connectivity index (χ0v) is 27.0. The van der Waals surface area contributed by atoms with Crippen molar-refractivity contribution in [3.63, 3.8) is 0 Å². The van der Waals surface area contributed by atoms with E-state index in [0.717, 1.165) is 39.3 Å². The summed E-state index contributed by atoms with van der Waals surface area (Å²) < 4.78 is 5.93. The fourth-order valence-electron chi connectivity index (χ4n) is 4.89. The van der Waals surface area contributed by atoms with Crippen molar-refractivity contribution in [1.29, 1.82) is 0 Å². The molecule has 0 bridgehead atoms. The largest absolute Gasteiger partial charge is 0.416 e. The summed E-state index contributed by atoms with van der Waals surface area (Å²) in [5, 5.41) is 8.45. The first-order chi connectivity index (χ1) is 23.4. The molecule has 1 aromatic heterocycles. The summed E-state index contributed by atoms with van der Waals surface area (Å²) in [4.78, 5) is 2.21. The second-order valence-electron chi connectivity index (χ2n) is 11.9. The highest BCUT2D eigenvalue weighted by molar-refractivity contribution is 5.76. The summed E-state index contributed by atoms with van der Waals surface area (Å²) in [6.45, 7) is 6.56. The molecule has 0 aliphatic carbocycles. The number of hydrogen-bond donors (Lipinski definition) is 0. The van der Waals surface area contributed by atoms with Crippen LogP contribution in [-0.2, 0) is 5.41 Å². The molecule has 6 rings (SSSR count). The van der Waals surface area contributed by atoms with Crippen LogP contribution in [0.2, 0.25) is 0 Å². The first kappa shape index (κ1) is 31.3. The molecule has 0 fully saturated rings. The van der Waals surface area contributed by atoms with E-state index in [1.54, 1.807) is 0 Å². The predicted octanol–water partition coefficient (Wildman–Crippen LogP) is 9.58. The molecule has 1 heterocycles. The first-order valence-electron chi connectivity index (χ1n) is 15.5. The minimum atomic E-state index is 0.0850. The van der Waals surface area contributed by atoms with Gasteiger partial charge in [-0.15, -0.1) is 10.2 Å². The molecule has 4 nitrogen and oxygen atoms in total. The van der Waals surface area contributed by atoms with Gasteiger partial charge in [-0.25, -0.2) is 0 Å². The number of benzene rings is 5. The van der Waals surface area contributed by atoms with Gasteiger partial charge in [-0.3, -0.25) is 0 Å². The Hall–Kier alpha value is -6.72. The summed E-state index contributed by atoms with van der Waals surface area (Å²) in [6, 6.07) is 44.5. The minimum Gasteiger partial charge on any atom is -0.416 e. The molecule has 0 aliphatic rings. The number of hydrogen-bond acceptors (Lipinski definition) is 4. The molecule has 0 atom stereocenters. The lowest BCUT2D eigenvalue weighted by atomic mass is 9.87. The zero-order chi connectivity index (χ0) is 33.2. The average Bonchev–Trinajstić information content (AvgIpc) is 3.62. The molecular formula is C44H31N3O.